The predicted octanol–water partition coefficient (Wildman–Crippen LogP) is 5.71. The molecule has 2 N–H and O–H groups in total. The Morgan fingerprint density at radius 1 is 1.03 bits per heavy atom. The molecule has 1 aliphatic rings. The van der Waals surface area contributed by atoms with Gasteiger partial charge in [0, 0.05) is 12.0 Å². The molecule has 0 saturated carbocycles. The Labute approximate surface area is 186 Å². The second kappa shape index (κ2) is 8.71. The highest BCUT2D eigenvalue weighted by Gasteiger charge is 2.25. The maximum Gasteiger partial charge on any atom is 0.372 e. The number of carboxylic acids is 1. The fourth-order valence-corrected chi connectivity index (χ4v) is 4.27. The number of aryl methyl sites for hydroxylation is 1. The van der Waals surface area contributed by atoms with Crippen LogP contribution in [0.15, 0.2) is 61.2 Å². The topological polar surface area (TPSA) is 83.8 Å². The number of hydrogen-bond acceptors (Lipinski definition) is 4. The van der Waals surface area contributed by atoms with Crippen LogP contribution in [0.1, 0.15) is 35.1 Å². The van der Waals surface area contributed by atoms with Crippen LogP contribution in [0.4, 0.5) is 0 Å². The first-order valence-corrected chi connectivity index (χ1v) is 10.5. The number of hydrogen-bond donors (Lipinski definition) is 2. The number of Topliss-reactive ketones (excluding diaryl/α,β-unsaturated/α-hetero) is 1. The van der Waals surface area contributed by atoms with Crippen LogP contribution in [0.2, 0.25) is 0 Å². The summed E-state index contributed by atoms with van der Waals surface area (Å²) < 4.78 is 6.32. The minimum absolute atomic E-state index is 0.181. The number of carbonyl (C=O) groups excluding carboxylic acids is 1. The second-order valence-corrected chi connectivity index (χ2v) is 8.04. The molecular weight excluding hydrogens is 404 g/mol. The number of phenolic OH excluding ortho intramolecular Hbond substituents is 1. The first-order chi connectivity index (χ1) is 15.3. The molecule has 0 unspecified atom stereocenters. The van der Waals surface area contributed by atoms with E-state index in [0.717, 1.165) is 52.8 Å². The molecule has 162 valence electrons. The van der Waals surface area contributed by atoms with Crippen molar-refractivity contribution in [3.05, 3.63) is 83.4 Å². The molecule has 4 rings (SSSR count). The molecule has 32 heavy (non-hydrogen) atoms. The monoisotopic (exact) mass is 428 g/mol. The molecule has 0 amide bonds. The molecule has 3 aromatic rings. The van der Waals surface area contributed by atoms with Gasteiger partial charge in [0.15, 0.2) is 0 Å². The smallest absolute Gasteiger partial charge is 0.372 e. The van der Waals surface area contributed by atoms with E-state index < -0.39 is 11.8 Å². The van der Waals surface area contributed by atoms with Gasteiger partial charge in [-0.3, -0.25) is 4.79 Å². The summed E-state index contributed by atoms with van der Waals surface area (Å²) in [6.07, 6.45) is 2.41. The van der Waals surface area contributed by atoms with E-state index in [1.165, 1.54) is 0 Å². The van der Waals surface area contributed by atoms with Crippen molar-refractivity contribution < 1.29 is 24.5 Å². The lowest BCUT2D eigenvalue weighted by Crippen LogP contribution is -2.13. The number of ketones is 1. The Morgan fingerprint density at radius 2 is 1.75 bits per heavy atom. The van der Waals surface area contributed by atoms with Gasteiger partial charge in [0.2, 0.25) is 5.78 Å². The largest absolute Gasteiger partial charge is 0.507 e. The minimum atomic E-state index is -1.44. The third kappa shape index (κ3) is 4.14. The van der Waals surface area contributed by atoms with E-state index >= 15 is 0 Å². The summed E-state index contributed by atoms with van der Waals surface area (Å²) in [4.78, 5) is 22.6. The van der Waals surface area contributed by atoms with Gasteiger partial charge in [-0.2, -0.15) is 0 Å². The van der Waals surface area contributed by atoms with Crippen LogP contribution >= 0.6 is 0 Å². The first kappa shape index (κ1) is 21.4. The molecule has 0 bridgehead atoms. The van der Waals surface area contributed by atoms with E-state index in [0.29, 0.717) is 16.9 Å². The highest BCUT2D eigenvalue weighted by Crippen LogP contribution is 2.42. The van der Waals surface area contributed by atoms with Gasteiger partial charge in [0.1, 0.15) is 17.2 Å². The van der Waals surface area contributed by atoms with Crippen molar-refractivity contribution in [2.75, 3.05) is 0 Å². The fourth-order valence-electron chi connectivity index (χ4n) is 4.27. The average Bonchev–Trinajstić information content (AvgIpc) is 3.26. The summed E-state index contributed by atoms with van der Waals surface area (Å²) in [6, 6.07) is 16.7. The highest BCUT2D eigenvalue weighted by molar-refractivity contribution is 6.34. The van der Waals surface area contributed by atoms with Crippen LogP contribution in [-0.2, 0) is 22.4 Å². The molecule has 1 aliphatic carbocycles. The molecule has 0 atom stereocenters. The van der Waals surface area contributed by atoms with E-state index in [-0.39, 0.29) is 12.2 Å². The number of phenols is 1. The predicted molar refractivity (Wildman–Crippen MR) is 123 cm³/mol. The van der Waals surface area contributed by atoms with Crippen LogP contribution in [-0.4, -0.2) is 22.0 Å². The number of benzene rings is 3. The summed E-state index contributed by atoms with van der Waals surface area (Å²) in [5.41, 5.74) is 5.96. The quantitative estimate of drug-likeness (QED) is 0.471. The molecule has 0 aromatic heterocycles. The summed E-state index contributed by atoms with van der Waals surface area (Å²) in [5, 5.41) is 19.3. The lowest BCUT2D eigenvalue weighted by Gasteiger charge is -2.18. The second-order valence-electron chi connectivity index (χ2n) is 8.04. The molecule has 0 heterocycles. The zero-order valence-electron chi connectivity index (χ0n) is 17.9. The van der Waals surface area contributed by atoms with Crippen molar-refractivity contribution in [3.8, 4) is 28.4 Å². The Morgan fingerprint density at radius 3 is 2.47 bits per heavy atom. The van der Waals surface area contributed by atoms with Gasteiger partial charge < -0.3 is 14.9 Å². The van der Waals surface area contributed by atoms with E-state index in [1.54, 1.807) is 12.1 Å². The summed E-state index contributed by atoms with van der Waals surface area (Å²) in [5.74, 6) is -0.742. The van der Waals surface area contributed by atoms with Crippen molar-refractivity contribution in [2.45, 2.75) is 32.6 Å². The summed E-state index contributed by atoms with van der Waals surface area (Å²) in [6.45, 7) is 5.91. The van der Waals surface area contributed by atoms with Gasteiger partial charge in [-0.15, -0.1) is 0 Å². The standard InChI is InChI=1S/C27H24O5/c1-16(14-25(29)27(30)31)22-13-17(2)26(21-10-6-9-20(21)22)32-19-11-12-24(28)23(15-19)18-7-4-3-5-8-18/h3-5,7-8,11-13,15,28H,1,6,9-10,14H2,2H3,(H,30,31). The molecule has 0 aliphatic heterocycles. The number of carboxylic acid groups (broad SMARTS) is 1. The van der Waals surface area contributed by atoms with Crippen molar-refractivity contribution in [3.63, 3.8) is 0 Å². The average molecular weight is 428 g/mol. The molecule has 5 heteroatoms. The number of aliphatic carboxylic acids is 1. The van der Waals surface area contributed by atoms with Crippen molar-refractivity contribution in [2.24, 2.45) is 0 Å². The normalized spacial score (nSPS) is 12.3. The van der Waals surface area contributed by atoms with Crippen LogP contribution in [0.5, 0.6) is 17.2 Å². The highest BCUT2D eigenvalue weighted by atomic mass is 16.5. The minimum Gasteiger partial charge on any atom is -0.507 e. The zero-order valence-corrected chi connectivity index (χ0v) is 17.9. The number of aromatic hydroxyl groups is 1. The van der Waals surface area contributed by atoms with Gasteiger partial charge >= 0.3 is 5.97 Å². The number of ether oxygens (including phenoxy) is 1. The Hall–Kier alpha value is -3.86. The maximum absolute atomic E-state index is 11.7. The molecular formula is C27H24O5. The summed E-state index contributed by atoms with van der Waals surface area (Å²) >= 11 is 0. The van der Waals surface area contributed by atoms with E-state index in [4.69, 9.17) is 9.84 Å². The van der Waals surface area contributed by atoms with Crippen molar-refractivity contribution in [1.29, 1.82) is 0 Å². The van der Waals surface area contributed by atoms with E-state index in [1.807, 2.05) is 49.4 Å². The zero-order chi connectivity index (χ0) is 22.8. The maximum atomic E-state index is 11.7. The van der Waals surface area contributed by atoms with Crippen LogP contribution < -0.4 is 4.74 Å². The van der Waals surface area contributed by atoms with Crippen molar-refractivity contribution in [1.82, 2.24) is 0 Å². The number of fused-ring (bicyclic) bond motifs is 1. The van der Waals surface area contributed by atoms with Gasteiger partial charge in [-0.1, -0.05) is 36.9 Å². The third-order valence-electron chi connectivity index (χ3n) is 5.80. The lowest BCUT2D eigenvalue weighted by atomic mass is 9.92. The Bertz CT molecular complexity index is 1220. The molecule has 0 saturated heterocycles. The number of rotatable bonds is 7. The molecule has 5 nitrogen and oxygen atoms in total. The molecule has 0 radical (unpaired) electrons. The van der Waals surface area contributed by atoms with Crippen LogP contribution in [0.25, 0.3) is 16.7 Å². The van der Waals surface area contributed by atoms with Gasteiger partial charge in [-0.25, -0.2) is 4.79 Å². The van der Waals surface area contributed by atoms with Gasteiger partial charge in [-0.05, 0) is 83.8 Å². The first-order valence-electron chi connectivity index (χ1n) is 10.5. The van der Waals surface area contributed by atoms with E-state index in [2.05, 4.69) is 6.58 Å². The Balaban J connectivity index is 1.69. The van der Waals surface area contributed by atoms with Crippen molar-refractivity contribution >= 4 is 17.3 Å². The number of allylic oxidation sites excluding steroid dienone is 1. The van der Waals surface area contributed by atoms with Crippen LogP contribution in [0.3, 0.4) is 0 Å². The molecule has 0 spiro atoms. The van der Waals surface area contributed by atoms with Crippen LogP contribution in [0, 0.1) is 6.92 Å². The van der Waals surface area contributed by atoms with E-state index in [9.17, 15) is 14.7 Å². The fraction of sp³-hybridized carbons (Fsp3) is 0.185. The summed E-state index contributed by atoms with van der Waals surface area (Å²) in [7, 11) is 0. The van der Waals surface area contributed by atoms with Gasteiger partial charge in [0.25, 0.3) is 0 Å². The molecule has 3 aromatic carbocycles. The molecule has 0 fully saturated rings. The third-order valence-corrected chi connectivity index (χ3v) is 5.80. The lowest BCUT2D eigenvalue weighted by molar-refractivity contribution is -0.148. The van der Waals surface area contributed by atoms with Gasteiger partial charge in [0.05, 0.1) is 0 Å². The Kier molecular flexibility index (Phi) is 5.82. The number of carbonyl (C=O) groups is 2. The SMILES string of the molecule is C=C(CC(=O)C(=O)O)c1cc(C)c(Oc2ccc(O)c(-c3ccccc3)c2)c2c1CCC2.